The van der Waals surface area contributed by atoms with Crippen molar-refractivity contribution >= 4 is 11.8 Å². The van der Waals surface area contributed by atoms with Crippen molar-refractivity contribution in [3.05, 3.63) is 35.9 Å². The lowest BCUT2D eigenvalue weighted by Crippen LogP contribution is -2.51. The maximum atomic E-state index is 12.5. The molecule has 0 saturated carbocycles. The zero-order valence-electron chi connectivity index (χ0n) is 14.8. The number of likely N-dealkylation sites (tertiary alicyclic amines) is 2. The molecule has 3 rings (SSSR count). The predicted octanol–water partition coefficient (Wildman–Crippen LogP) is 3.18. The minimum absolute atomic E-state index is 0.112. The quantitative estimate of drug-likeness (QED) is 0.836. The molecule has 130 valence electrons. The summed E-state index contributed by atoms with van der Waals surface area (Å²) in [5.41, 5.74) is 1.24. The Morgan fingerprint density at radius 3 is 2.50 bits per heavy atom. The van der Waals surface area contributed by atoms with Crippen molar-refractivity contribution in [2.75, 3.05) is 13.1 Å². The van der Waals surface area contributed by atoms with Gasteiger partial charge < -0.3 is 9.80 Å². The fourth-order valence-corrected chi connectivity index (χ4v) is 4.48. The molecule has 2 aliphatic heterocycles. The zero-order chi connectivity index (χ0) is 17.1. The number of hydrogen-bond acceptors (Lipinski definition) is 2. The first-order chi connectivity index (χ1) is 11.6. The van der Waals surface area contributed by atoms with E-state index in [1.165, 1.54) is 5.56 Å². The lowest BCUT2D eigenvalue weighted by Gasteiger charge is -2.38. The highest BCUT2D eigenvalue weighted by atomic mass is 16.2. The molecule has 0 bridgehead atoms. The summed E-state index contributed by atoms with van der Waals surface area (Å²) in [6, 6.07) is 10.7. The smallest absolute Gasteiger partial charge is 0.222 e. The maximum absolute atomic E-state index is 12.5. The summed E-state index contributed by atoms with van der Waals surface area (Å²) in [4.78, 5) is 29.0. The lowest BCUT2D eigenvalue weighted by atomic mass is 9.87. The fraction of sp³-hybridized carbons (Fsp3) is 0.600. The molecule has 3 atom stereocenters. The second-order valence-corrected chi connectivity index (χ2v) is 7.04. The van der Waals surface area contributed by atoms with Gasteiger partial charge in [-0.3, -0.25) is 9.59 Å². The number of carbonyl (C=O) groups excluding carboxylic acids is 2. The fourth-order valence-electron chi connectivity index (χ4n) is 4.48. The van der Waals surface area contributed by atoms with Gasteiger partial charge in [0.05, 0.1) is 12.1 Å². The summed E-state index contributed by atoms with van der Waals surface area (Å²) >= 11 is 0. The number of nitrogens with zero attached hydrogens (tertiary/aromatic N) is 2. The number of rotatable bonds is 2. The first-order valence-electron chi connectivity index (χ1n) is 9.25. The average Bonchev–Trinajstić information content (AvgIpc) is 2.93. The van der Waals surface area contributed by atoms with Crippen LogP contribution in [0.5, 0.6) is 0 Å². The second-order valence-electron chi connectivity index (χ2n) is 7.04. The first-order valence-corrected chi connectivity index (χ1v) is 9.25. The molecule has 0 spiro atoms. The van der Waals surface area contributed by atoms with Crippen LogP contribution in [0, 0.1) is 0 Å². The van der Waals surface area contributed by atoms with Crippen molar-refractivity contribution in [2.24, 2.45) is 0 Å². The highest BCUT2D eigenvalue weighted by Gasteiger charge is 2.47. The SMILES string of the molecule is CCC(=O)N1C[C@@H](c2ccccc2)[C@H]2[C@H]1CCCCCN2C(C)=O. The molecule has 4 heteroatoms. The van der Waals surface area contributed by atoms with Crippen LogP contribution in [0.15, 0.2) is 30.3 Å². The van der Waals surface area contributed by atoms with Gasteiger partial charge in [-0.2, -0.15) is 0 Å². The van der Waals surface area contributed by atoms with Gasteiger partial charge in [-0.05, 0) is 18.4 Å². The van der Waals surface area contributed by atoms with Crippen molar-refractivity contribution in [1.82, 2.24) is 9.80 Å². The molecule has 0 aromatic heterocycles. The molecule has 0 unspecified atom stereocenters. The van der Waals surface area contributed by atoms with E-state index < -0.39 is 0 Å². The number of fused-ring (bicyclic) bond motifs is 1. The minimum atomic E-state index is 0.112. The van der Waals surface area contributed by atoms with Gasteiger partial charge in [-0.15, -0.1) is 0 Å². The Kier molecular flexibility index (Phi) is 5.22. The topological polar surface area (TPSA) is 40.6 Å². The molecular weight excluding hydrogens is 300 g/mol. The second kappa shape index (κ2) is 7.37. The summed E-state index contributed by atoms with van der Waals surface area (Å²) in [7, 11) is 0. The van der Waals surface area contributed by atoms with Crippen LogP contribution in [0.4, 0.5) is 0 Å². The minimum Gasteiger partial charge on any atom is -0.337 e. The summed E-state index contributed by atoms with van der Waals surface area (Å²) in [6.07, 6.45) is 4.87. The highest BCUT2D eigenvalue weighted by Crippen LogP contribution is 2.39. The molecule has 24 heavy (non-hydrogen) atoms. The summed E-state index contributed by atoms with van der Waals surface area (Å²) < 4.78 is 0. The molecule has 0 aliphatic carbocycles. The van der Waals surface area contributed by atoms with E-state index in [4.69, 9.17) is 0 Å². The van der Waals surface area contributed by atoms with Gasteiger partial charge in [-0.25, -0.2) is 0 Å². The van der Waals surface area contributed by atoms with Crippen LogP contribution in [0.1, 0.15) is 57.4 Å². The van der Waals surface area contributed by atoms with Crippen LogP contribution in [0.2, 0.25) is 0 Å². The number of benzene rings is 1. The Balaban J connectivity index is 2.00. The zero-order valence-corrected chi connectivity index (χ0v) is 14.8. The van der Waals surface area contributed by atoms with Gasteiger partial charge in [0.15, 0.2) is 0 Å². The molecule has 0 radical (unpaired) electrons. The van der Waals surface area contributed by atoms with Crippen LogP contribution in [0.3, 0.4) is 0 Å². The molecular formula is C20H28N2O2. The van der Waals surface area contributed by atoms with Crippen LogP contribution >= 0.6 is 0 Å². The largest absolute Gasteiger partial charge is 0.337 e. The summed E-state index contributed by atoms with van der Waals surface area (Å²) in [5.74, 6) is 0.569. The van der Waals surface area contributed by atoms with E-state index in [-0.39, 0.29) is 29.8 Å². The third kappa shape index (κ3) is 3.19. The van der Waals surface area contributed by atoms with E-state index in [0.29, 0.717) is 6.42 Å². The molecule has 2 fully saturated rings. The Morgan fingerprint density at radius 2 is 1.83 bits per heavy atom. The molecule has 1 aromatic carbocycles. The standard InChI is InChI=1S/C20H28N2O2/c1-3-19(24)22-14-17(16-10-6-4-7-11-16)20-18(22)12-8-5-9-13-21(20)15(2)23/h4,6-7,10-11,17-18,20H,3,5,8-9,12-14H2,1-2H3/t17-,18+,20-/m0/s1. The van der Waals surface area contributed by atoms with Crippen LogP contribution in [-0.2, 0) is 9.59 Å². The Labute approximate surface area is 144 Å². The molecule has 2 amide bonds. The van der Waals surface area contributed by atoms with Gasteiger partial charge in [0.1, 0.15) is 0 Å². The molecule has 4 nitrogen and oxygen atoms in total. The van der Waals surface area contributed by atoms with Crippen molar-refractivity contribution in [2.45, 2.75) is 64.0 Å². The highest BCUT2D eigenvalue weighted by molar-refractivity contribution is 5.78. The Hall–Kier alpha value is -1.84. The molecule has 2 aliphatic rings. The van der Waals surface area contributed by atoms with E-state index in [2.05, 4.69) is 29.2 Å². The number of amides is 2. The van der Waals surface area contributed by atoms with Gasteiger partial charge in [0.25, 0.3) is 0 Å². The third-order valence-corrected chi connectivity index (χ3v) is 5.61. The third-order valence-electron chi connectivity index (χ3n) is 5.61. The van der Waals surface area contributed by atoms with E-state index in [0.717, 1.165) is 38.8 Å². The van der Waals surface area contributed by atoms with E-state index in [9.17, 15) is 9.59 Å². The van der Waals surface area contributed by atoms with Crippen molar-refractivity contribution in [3.63, 3.8) is 0 Å². The van der Waals surface area contributed by atoms with Gasteiger partial charge in [0.2, 0.25) is 11.8 Å². The average molecular weight is 328 g/mol. The van der Waals surface area contributed by atoms with Crippen LogP contribution < -0.4 is 0 Å². The normalized spacial score (nSPS) is 27.3. The first kappa shape index (κ1) is 17.0. The maximum Gasteiger partial charge on any atom is 0.222 e. The molecule has 0 N–H and O–H groups in total. The van der Waals surface area contributed by atoms with E-state index in [1.807, 2.05) is 17.9 Å². The Morgan fingerprint density at radius 1 is 1.08 bits per heavy atom. The van der Waals surface area contributed by atoms with E-state index in [1.54, 1.807) is 6.92 Å². The lowest BCUT2D eigenvalue weighted by molar-refractivity contribution is -0.136. The van der Waals surface area contributed by atoms with Gasteiger partial charge in [0, 0.05) is 32.4 Å². The molecule has 2 heterocycles. The summed E-state index contributed by atoms with van der Waals surface area (Å²) in [5, 5.41) is 0. The number of carbonyl (C=O) groups is 2. The summed E-state index contributed by atoms with van der Waals surface area (Å²) in [6.45, 7) is 5.15. The van der Waals surface area contributed by atoms with Gasteiger partial charge in [-0.1, -0.05) is 50.1 Å². The van der Waals surface area contributed by atoms with Crippen LogP contribution in [0.25, 0.3) is 0 Å². The molecule has 2 saturated heterocycles. The number of hydrogen-bond donors (Lipinski definition) is 0. The van der Waals surface area contributed by atoms with Crippen LogP contribution in [-0.4, -0.2) is 46.8 Å². The molecule has 1 aromatic rings. The monoisotopic (exact) mass is 328 g/mol. The predicted molar refractivity (Wildman–Crippen MR) is 94.6 cm³/mol. The Bertz CT molecular complexity index is 587. The van der Waals surface area contributed by atoms with E-state index >= 15 is 0 Å². The van der Waals surface area contributed by atoms with Crippen molar-refractivity contribution < 1.29 is 9.59 Å². The van der Waals surface area contributed by atoms with Crippen molar-refractivity contribution in [3.8, 4) is 0 Å². The van der Waals surface area contributed by atoms with Gasteiger partial charge >= 0.3 is 0 Å². The van der Waals surface area contributed by atoms with Crippen molar-refractivity contribution in [1.29, 1.82) is 0 Å².